The SMILES string of the molecule is CCNCCCNCCc1ccccc1. The molecule has 0 unspecified atom stereocenters. The lowest BCUT2D eigenvalue weighted by molar-refractivity contribution is 0.606. The first-order valence-electron chi connectivity index (χ1n) is 5.89. The molecule has 1 aromatic rings. The summed E-state index contributed by atoms with van der Waals surface area (Å²) in [6.07, 6.45) is 2.34. The van der Waals surface area contributed by atoms with Crippen molar-refractivity contribution in [1.29, 1.82) is 0 Å². The molecule has 0 spiro atoms. The maximum absolute atomic E-state index is 3.45. The van der Waals surface area contributed by atoms with Crippen LogP contribution in [-0.4, -0.2) is 26.2 Å². The van der Waals surface area contributed by atoms with Crippen molar-refractivity contribution in [3.63, 3.8) is 0 Å². The fourth-order valence-electron chi connectivity index (χ4n) is 1.52. The largest absolute Gasteiger partial charge is 0.317 e. The van der Waals surface area contributed by atoms with E-state index in [0.29, 0.717) is 0 Å². The fraction of sp³-hybridized carbons (Fsp3) is 0.538. The molecule has 1 rings (SSSR count). The maximum atomic E-state index is 3.45. The molecular formula is C13H22N2. The summed E-state index contributed by atoms with van der Waals surface area (Å²) in [6, 6.07) is 10.6. The molecule has 0 radical (unpaired) electrons. The molecule has 1 aromatic carbocycles. The van der Waals surface area contributed by atoms with Gasteiger partial charge in [-0.15, -0.1) is 0 Å². The highest BCUT2D eigenvalue weighted by Crippen LogP contribution is 1.97. The van der Waals surface area contributed by atoms with E-state index in [1.54, 1.807) is 0 Å². The van der Waals surface area contributed by atoms with Crippen LogP contribution in [0.15, 0.2) is 30.3 Å². The molecule has 0 aliphatic carbocycles. The Balaban J connectivity index is 1.93. The van der Waals surface area contributed by atoms with Gasteiger partial charge in [-0.2, -0.15) is 0 Å². The van der Waals surface area contributed by atoms with E-state index >= 15 is 0 Å². The summed E-state index contributed by atoms with van der Waals surface area (Å²) >= 11 is 0. The van der Waals surface area contributed by atoms with Crippen LogP contribution in [0, 0.1) is 0 Å². The number of hydrogen-bond donors (Lipinski definition) is 2. The van der Waals surface area contributed by atoms with Crippen molar-refractivity contribution in [1.82, 2.24) is 10.6 Å². The van der Waals surface area contributed by atoms with Gasteiger partial charge in [-0.25, -0.2) is 0 Å². The van der Waals surface area contributed by atoms with Gasteiger partial charge in [-0.3, -0.25) is 0 Å². The highest BCUT2D eigenvalue weighted by Gasteiger charge is 1.91. The van der Waals surface area contributed by atoms with Crippen molar-refractivity contribution in [3.8, 4) is 0 Å². The molecule has 2 nitrogen and oxygen atoms in total. The van der Waals surface area contributed by atoms with Gasteiger partial charge in [0.1, 0.15) is 0 Å². The van der Waals surface area contributed by atoms with Gasteiger partial charge in [0.2, 0.25) is 0 Å². The average Bonchev–Trinajstić information content (AvgIpc) is 2.29. The normalized spacial score (nSPS) is 10.5. The fourth-order valence-corrected chi connectivity index (χ4v) is 1.52. The molecule has 0 aromatic heterocycles. The first-order chi connectivity index (χ1) is 7.43. The Morgan fingerprint density at radius 3 is 2.40 bits per heavy atom. The van der Waals surface area contributed by atoms with Gasteiger partial charge in [0, 0.05) is 0 Å². The molecule has 0 saturated heterocycles. The minimum Gasteiger partial charge on any atom is -0.317 e. The van der Waals surface area contributed by atoms with E-state index in [1.807, 2.05) is 0 Å². The van der Waals surface area contributed by atoms with Crippen LogP contribution in [0.3, 0.4) is 0 Å². The summed E-state index contributed by atoms with van der Waals surface area (Å²) in [7, 11) is 0. The quantitative estimate of drug-likeness (QED) is 0.634. The highest BCUT2D eigenvalue weighted by molar-refractivity contribution is 5.14. The van der Waals surface area contributed by atoms with E-state index in [4.69, 9.17) is 0 Å². The second kappa shape index (κ2) is 8.45. The lowest BCUT2D eigenvalue weighted by Gasteiger charge is -2.05. The molecule has 0 fully saturated rings. The lowest BCUT2D eigenvalue weighted by Crippen LogP contribution is -2.23. The van der Waals surface area contributed by atoms with Crippen molar-refractivity contribution in [3.05, 3.63) is 35.9 Å². The van der Waals surface area contributed by atoms with Gasteiger partial charge >= 0.3 is 0 Å². The van der Waals surface area contributed by atoms with Crippen LogP contribution in [0.25, 0.3) is 0 Å². The van der Waals surface area contributed by atoms with E-state index in [-0.39, 0.29) is 0 Å². The van der Waals surface area contributed by atoms with Crippen LogP contribution in [0.2, 0.25) is 0 Å². The zero-order valence-electron chi connectivity index (χ0n) is 9.63. The van der Waals surface area contributed by atoms with Gasteiger partial charge in [0.05, 0.1) is 0 Å². The van der Waals surface area contributed by atoms with Crippen LogP contribution in [0.5, 0.6) is 0 Å². The molecule has 0 aliphatic rings. The van der Waals surface area contributed by atoms with E-state index in [2.05, 4.69) is 47.9 Å². The van der Waals surface area contributed by atoms with Gasteiger partial charge in [0.15, 0.2) is 0 Å². The van der Waals surface area contributed by atoms with Gasteiger partial charge in [-0.1, -0.05) is 37.3 Å². The van der Waals surface area contributed by atoms with Crippen molar-refractivity contribution >= 4 is 0 Å². The van der Waals surface area contributed by atoms with E-state index in [1.165, 1.54) is 12.0 Å². The summed E-state index contributed by atoms with van der Waals surface area (Å²) in [5.74, 6) is 0. The maximum Gasteiger partial charge on any atom is -0.000834 e. The van der Waals surface area contributed by atoms with Gasteiger partial charge < -0.3 is 10.6 Å². The molecule has 0 aliphatic heterocycles. The van der Waals surface area contributed by atoms with Crippen LogP contribution < -0.4 is 10.6 Å². The number of hydrogen-bond acceptors (Lipinski definition) is 2. The van der Waals surface area contributed by atoms with Crippen LogP contribution >= 0.6 is 0 Å². The minimum absolute atomic E-state index is 1.07. The predicted octanol–water partition coefficient (Wildman–Crippen LogP) is 1.82. The Labute approximate surface area is 93.1 Å². The predicted molar refractivity (Wildman–Crippen MR) is 66.2 cm³/mol. The Kier molecular flexibility index (Phi) is 6.88. The van der Waals surface area contributed by atoms with Crippen LogP contribution in [0.4, 0.5) is 0 Å². The minimum atomic E-state index is 1.07. The highest BCUT2D eigenvalue weighted by atomic mass is 14.9. The van der Waals surface area contributed by atoms with Crippen molar-refractivity contribution in [2.45, 2.75) is 19.8 Å². The molecule has 0 bridgehead atoms. The van der Waals surface area contributed by atoms with E-state index < -0.39 is 0 Å². The lowest BCUT2D eigenvalue weighted by atomic mass is 10.1. The topological polar surface area (TPSA) is 24.1 Å². The zero-order valence-corrected chi connectivity index (χ0v) is 9.63. The Morgan fingerprint density at radius 2 is 1.67 bits per heavy atom. The molecule has 0 heterocycles. The third-order valence-electron chi connectivity index (χ3n) is 2.39. The molecule has 0 amide bonds. The Bertz CT molecular complexity index is 234. The second-order valence-corrected chi connectivity index (χ2v) is 3.69. The average molecular weight is 206 g/mol. The molecular weight excluding hydrogens is 184 g/mol. The number of benzene rings is 1. The Hall–Kier alpha value is -0.860. The van der Waals surface area contributed by atoms with Gasteiger partial charge in [-0.05, 0) is 44.6 Å². The van der Waals surface area contributed by atoms with E-state index in [9.17, 15) is 0 Å². The smallest absolute Gasteiger partial charge is 0.000834 e. The Morgan fingerprint density at radius 1 is 0.933 bits per heavy atom. The molecule has 15 heavy (non-hydrogen) atoms. The van der Waals surface area contributed by atoms with Crippen molar-refractivity contribution in [2.24, 2.45) is 0 Å². The van der Waals surface area contributed by atoms with Crippen molar-refractivity contribution < 1.29 is 0 Å². The third-order valence-corrected chi connectivity index (χ3v) is 2.39. The number of rotatable bonds is 8. The van der Waals surface area contributed by atoms with Crippen molar-refractivity contribution in [2.75, 3.05) is 26.2 Å². The molecule has 2 heteroatoms. The summed E-state index contributed by atoms with van der Waals surface area (Å²) < 4.78 is 0. The first-order valence-corrected chi connectivity index (χ1v) is 5.89. The number of nitrogens with one attached hydrogen (secondary N) is 2. The van der Waals surface area contributed by atoms with Crippen LogP contribution in [-0.2, 0) is 6.42 Å². The monoisotopic (exact) mass is 206 g/mol. The molecule has 0 atom stereocenters. The third kappa shape index (κ3) is 6.26. The summed E-state index contributed by atoms with van der Waals surface area (Å²) in [5.41, 5.74) is 1.41. The molecule has 0 saturated carbocycles. The first kappa shape index (κ1) is 12.2. The summed E-state index contributed by atoms with van der Waals surface area (Å²) in [4.78, 5) is 0. The zero-order chi connectivity index (χ0) is 10.8. The standard InChI is InChI=1S/C13H22N2/c1-2-14-10-6-11-15-12-9-13-7-4-3-5-8-13/h3-5,7-8,14-15H,2,6,9-12H2,1H3. The second-order valence-electron chi connectivity index (χ2n) is 3.69. The molecule has 84 valence electrons. The van der Waals surface area contributed by atoms with Crippen LogP contribution in [0.1, 0.15) is 18.9 Å². The van der Waals surface area contributed by atoms with E-state index in [0.717, 1.165) is 32.6 Å². The summed E-state index contributed by atoms with van der Waals surface area (Å²) in [6.45, 7) is 6.53. The van der Waals surface area contributed by atoms with Gasteiger partial charge in [0.25, 0.3) is 0 Å². The summed E-state index contributed by atoms with van der Waals surface area (Å²) in [5, 5.41) is 6.77. The molecule has 2 N–H and O–H groups in total.